The van der Waals surface area contributed by atoms with Gasteiger partial charge in [-0.3, -0.25) is 4.79 Å². The molecule has 1 atom stereocenters. The highest BCUT2D eigenvalue weighted by Crippen LogP contribution is 2.10. The van der Waals surface area contributed by atoms with Crippen molar-refractivity contribution in [3.8, 4) is 0 Å². The van der Waals surface area contributed by atoms with Crippen LogP contribution in [0.15, 0.2) is 0 Å². The summed E-state index contributed by atoms with van der Waals surface area (Å²) in [6.07, 6.45) is -2.86. The van der Waals surface area contributed by atoms with Crippen LogP contribution in [0.5, 0.6) is 0 Å². The molecular weight excluding hydrogens is 142 g/mol. The zero-order chi connectivity index (χ0) is 8.15. The van der Waals surface area contributed by atoms with Crippen LogP contribution in [-0.2, 0) is 9.53 Å². The molecule has 0 aromatic heterocycles. The van der Waals surface area contributed by atoms with Gasteiger partial charge in [-0.2, -0.15) is 0 Å². The monoisotopic (exact) mass is 152 g/mol. The topological polar surface area (TPSA) is 26.3 Å². The minimum absolute atomic E-state index is 0.424. The zero-order valence-corrected chi connectivity index (χ0v) is 5.93. The summed E-state index contributed by atoms with van der Waals surface area (Å²) in [5, 5.41) is 0. The van der Waals surface area contributed by atoms with Crippen molar-refractivity contribution in [2.75, 3.05) is 7.11 Å². The normalized spacial score (nSPS) is 13.3. The Kier molecular flexibility index (Phi) is 3.91. The molecule has 0 aromatic carbocycles. The van der Waals surface area contributed by atoms with E-state index in [-0.39, 0.29) is 0 Å². The SMILES string of the molecule is COC(=O)[C@H](C)CC(F)F. The highest BCUT2D eigenvalue weighted by Gasteiger charge is 2.17. The number of ether oxygens (including phenoxy) is 1. The lowest BCUT2D eigenvalue weighted by Crippen LogP contribution is -2.15. The lowest BCUT2D eigenvalue weighted by Gasteiger charge is -2.06. The van der Waals surface area contributed by atoms with Crippen molar-refractivity contribution in [1.29, 1.82) is 0 Å². The molecule has 10 heavy (non-hydrogen) atoms. The van der Waals surface area contributed by atoms with Crippen LogP contribution in [0.1, 0.15) is 13.3 Å². The first-order valence-corrected chi connectivity index (χ1v) is 2.94. The number of carbonyl (C=O) groups is 1. The van der Waals surface area contributed by atoms with Gasteiger partial charge in [-0.1, -0.05) is 6.92 Å². The quantitative estimate of drug-likeness (QED) is 0.572. The Hall–Kier alpha value is -0.670. The molecule has 2 nitrogen and oxygen atoms in total. The average molecular weight is 152 g/mol. The van der Waals surface area contributed by atoms with E-state index >= 15 is 0 Å². The molecule has 4 heteroatoms. The third-order valence-electron chi connectivity index (χ3n) is 1.14. The predicted molar refractivity (Wildman–Crippen MR) is 31.8 cm³/mol. The van der Waals surface area contributed by atoms with Crippen molar-refractivity contribution < 1.29 is 18.3 Å². The van der Waals surface area contributed by atoms with Gasteiger partial charge in [0.2, 0.25) is 6.43 Å². The molecule has 0 N–H and O–H groups in total. The molecule has 0 saturated carbocycles. The summed E-state index contributed by atoms with van der Waals surface area (Å²) in [6.45, 7) is 1.41. The molecule has 0 radical (unpaired) electrons. The van der Waals surface area contributed by atoms with Crippen LogP contribution in [0.25, 0.3) is 0 Å². The van der Waals surface area contributed by atoms with Crippen molar-refractivity contribution in [2.45, 2.75) is 19.8 Å². The lowest BCUT2D eigenvalue weighted by molar-refractivity contribution is -0.146. The second-order valence-corrected chi connectivity index (χ2v) is 2.05. The van der Waals surface area contributed by atoms with E-state index in [1.807, 2.05) is 0 Å². The first-order chi connectivity index (χ1) is 4.57. The average Bonchev–Trinajstić information content (AvgIpc) is 1.85. The van der Waals surface area contributed by atoms with Crippen LogP contribution < -0.4 is 0 Å². The van der Waals surface area contributed by atoms with Crippen LogP contribution in [0.3, 0.4) is 0 Å². The molecule has 0 bridgehead atoms. The van der Waals surface area contributed by atoms with Gasteiger partial charge in [0.05, 0.1) is 13.0 Å². The first kappa shape index (κ1) is 9.33. The second-order valence-electron chi connectivity index (χ2n) is 2.05. The second kappa shape index (κ2) is 4.19. The summed E-state index contributed by atoms with van der Waals surface area (Å²) in [5.74, 6) is -1.29. The van der Waals surface area contributed by atoms with Crippen LogP contribution >= 0.6 is 0 Å². The van der Waals surface area contributed by atoms with E-state index in [1.54, 1.807) is 0 Å². The van der Waals surface area contributed by atoms with Gasteiger partial charge in [-0.25, -0.2) is 8.78 Å². The van der Waals surface area contributed by atoms with E-state index in [4.69, 9.17) is 0 Å². The number of methoxy groups -OCH3 is 1. The Morgan fingerprint density at radius 2 is 2.10 bits per heavy atom. The number of halogens is 2. The van der Waals surface area contributed by atoms with E-state index in [1.165, 1.54) is 14.0 Å². The molecule has 0 rings (SSSR count). The number of hydrogen-bond donors (Lipinski definition) is 0. The smallest absolute Gasteiger partial charge is 0.308 e. The molecule has 0 aliphatic heterocycles. The van der Waals surface area contributed by atoms with Gasteiger partial charge in [0, 0.05) is 6.42 Å². The molecule has 0 saturated heterocycles. The van der Waals surface area contributed by atoms with E-state index in [9.17, 15) is 13.6 Å². The van der Waals surface area contributed by atoms with Crippen LogP contribution in [0.4, 0.5) is 8.78 Å². The molecule has 0 aliphatic carbocycles. The van der Waals surface area contributed by atoms with Crippen molar-refractivity contribution >= 4 is 5.97 Å². The predicted octanol–water partition coefficient (Wildman–Crippen LogP) is 1.45. The van der Waals surface area contributed by atoms with Crippen molar-refractivity contribution in [3.63, 3.8) is 0 Å². The van der Waals surface area contributed by atoms with E-state index in [0.717, 1.165) is 0 Å². The van der Waals surface area contributed by atoms with Gasteiger partial charge in [0.1, 0.15) is 0 Å². The summed E-state index contributed by atoms with van der Waals surface area (Å²) in [6, 6.07) is 0. The molecule has 60 valence electrons. The van der Waals surface area contributed by atoms with Crippen LogP contribution in [0, 0.1) is 5.92 Å². The molecule has 0 heterocycles. The molecule has 0 unspecified atom stereocenters. The third kappa shape index (κ3) is 3.37. The van der Waals surface area contributed by atoms with Crippen LogP contribution in [-0.4, -0.2) is 19.5 Å². The van der Waals surface area contributed by atoms with E-state index < -0.39 is 24.7 Å². The van der Waals surface area contributed by atoms with E-state index in [0.29, 0.717) is 0 Å². The number of esters is 1. The fourth-order valence-electron chi connectivity index (χ4n) is 0.565. The van der Waals surface area contributed by atoms with Gasteiger partial charge in [-0.15, -0.1) is 0 Å². The number of hydrogen-bond acceptors (Lipinski definition) is 2. The largest absolute Gasteiger partial charge is 0.469 e. The minimum Gasteiger partial charge on any atom is -0.469 e. The molecule has 0 spiro atoms. The van der Waals surface area contributed by atoms with Gasteiger partial charge in [-0.05, 0) is 0 Å². The Morgan fingerprint density at radius 3 is 2.40 bits per heavy atom. The maximum absolute atomic E-state index is 11.6. The Morgan fingerprint density at radius 1 is 1.60 bits per heavy atom. The summed E-state index contributed by atoms with van der Waals surface area (Å²) < 4.78 is 27.4. The fraction of sp³-hybridized carbons (Fsp3) is 0.833. The van der Waals surface area contributed by atoms with Crippen molar-refractivity contribution in [2.24, 2.45) is 5.92 Å². The molecular formula is C6H10F2O2. The Bertz CT molecular complexity index is 114. The standard InChI is InChI=1S/C6H10F2O2/c1-4(3-5(7)8)6(9)10-2/h4-5H,3H2,1-2H3/t4-/m1/s1. The molecule has 0 aliphatic rings. The number of alkyl halides is 2. The Labute approximate surface area is 58.2 Å². The van der Waals surface area contributed by atoms with Gasteiger partial charge >= 0.3 is 5.97 Å². The first-order valence-electron chi connectivity index (χ1n) is 2.94. The molecule has 0 amide bonds. The summed E-state index contributed by atoms with van der Waals surface area (Å²) >= 11 is 0. The highest BCUT2D eigenvalue weighted by atomic mass is 19.3. The van der Waals surface area contributed by atoms with Gasteiger partial charge < -0.3 is 4.74 Å². The maximum Gasteiger partial charge on any atom is 0.308 e. The molecule has 0 fully saturated rings. The fourth-order valence-corrected chi connectivity index (χ4v) is 0.565. The van der Waals surface area contributed by atoms with Crippen molar-refractivity contribution in [1.82, 2.24) is 0 Å². The number of rotatable bonds is 3. The maximum atomic E-state index is 11.6. The van der Waals surface area contributed by atoms with Gasteiger partial charge in [0.25, 0.3) is 0 Å². The lowest BCUT2D eigenvalue weighted by atomic mass is 10.1. The third-order valence-corrected chi connectivity index (χ3v) is 1.14. The Balaban J connectivity index is 3.61. The van der Waals surface area contributed by atoms with E-state index in [2.05, 4.69) is 4.74 Å². The summed E-state index contributed by atoms with van der Waals surface area (Å²) in [4.78, 5) is 10.5. The van der Waals surface area contributed by atoms with Crippen molar-refractivity contribution in [3.05, 3.63) is 0 Å². The highest BCUT2D eigenvalue weighted by molar-refractivity contribution is 5.71. The van der Waals surface area contributed by atoms with Crippen LogP contribution in [0.2, 0.25) is 0 Å². The minimum atomic E-state index is -2.44. The van der Waals surface area contributed by atoms with Gasteiger partial charge in [0.15, 0.2) is 0 Å². The zero-order valence-electron chi connectivity index (χ0n) is 5.93. The summed E-state index contributed by atoms with van der Waals surface area (Å²) in [5.41, 5.74) is 0. The number of carbonyl (C=O) groups excluding carboxylic acids is 1. The molecule has 0 aromatic rings. The summed E-state index contributed by atoms with van der Waals surface area (Å²) in [7, 11) is 1.18.